The summed E-state index contributed by atoms with van der Waals surface area (Å²) >= 11 is 5.75. The summed E-state index contributed by atoms with van der Waals surface area (Å²) in [4.78, 5) is 10.6. The second-order valence-electron chi connectivity index (χ2n) is 3.78. The Morgan fingerprint density at radius 2 is 2.13 bits per heavy atom. The van der Waals surface area contributed by atoms with E-state index in [0.717, 1.165) is 18.9 Å². The zero-order valence-electron chi connectivity index (χ0n) is 8.56. The van der Waals surface area contributed by atoms with Crippen molar-refractivity contribution in [1.82, 2.24) is 9.97 Å². The molecule has 82 valence electrons. The number of halogens is 1. The number of rotatable bonds is 2. The maximum Gasteiger partial charge on any atom is 0.225 e. The number of nitrogens with two attached hydrogens (primary N) is 1. The van der Waals surface area contributed by atoms with Crippen LogP contribution in [-0.4, -0.2) is 29.1 Å². The minimum atomic E-state index is 0.375. The third-order valence-corrected chi connectivity index (χ3v) is 2.96. The summed E-state index contributed by atoms with van der Waals surface area (Å²) in [5.41, 5.74) is 5.74. The lowest BCUT2D eigenvalue weighted by Gasteiger charge is -2.34. The molecule has 1 saturated heterocycles. The van der Waals surface area contributed by atoms with Crippen molar-refractivity contribution in [2.45, 2.75) is 25.3 Å². The van der Waals surface area contributed by atoms with Gasteiger partial charge in [-0.05, 0) is 19.3 Å². The number of anilines is 1. The van der Waals surface area contributed by atoms with E-state index in [0.29, 0.717) is 17.6 Å². The molecule has 1 aromatic heterocycles. The molecule has 0 aliphatic carbocycles. The second-order valence-corrected chi connectivity index (χ2v) is 4.22. The molecule has 1 aliphatic rings. The Hall–Kier alpha value is -0.870. The Bertz CT molecular complexity index is 314. The molecule has 4 nitrogen and oxygen atoms in total. The van der Waals surface area contributed by atoms with Crippen LogP contribution in [0.1, 0.15) is 19.3 Å². The molecule has 2 heterocycles. The normalized spacial score (nSPS) is 21.7. The van der Waals surface area contributed by atoms with Gasteiger partial charge in [-0.25, -0.2) is 9.97 Å². The Morgan fingerprint density at radius 3 is 2.80 bits per heavy atom. The highest BCUT2D eigenvalue weighted by molar-refractivity contribution is 6.30. The van der Waals surface area contributed by atoms with Gasteiger partial charge in [-0.2, -0.15) is 0 Å². The topological polar surface area (TPSA) is 55.0 Å². The molecule has 0 saturated carbocycles. The molecule has 1 fully saturated rings. The zero-order chi connectivity index (χ0) is 10.7. The number of hydrogen-bond acceptors (Lipinski definition) is 4. The lowest BCUT2D eigenvalue weighted by Crippen LogP contribution is -2.45. The van der Waals surface area contributed by atoms with Crippen LogP contribution in [0, 0.1) is 0 Å². The zero-order valence-corrected chi connectivity index (χ0v) is 9.32. The first-order valence-electron chi connectivity index (χ1n) is 5.25. The molecule has 2 N–H and O–H groups in total. The Labute approximate surface area is 94.5 Å². The van der Waals surface area contributed by atoms with Crippen LogP contribution in [0.2, 0.25) is 5.02 Å². The fourth-order valence-corrected chi connectivity index (χ4v) is 2.06. The van der Waals surface area contributed by atoms with E-state index in [4.69, 9.17) is 17.3 Å². The predicted octanol–water partition coefficient (Wildman–Crippen LogP) is 1.45. The lowest BCUT2D eigenvalue weighted by atomic mass is 10.0. The van der Waals surface area contributed by atoms with Gasteiger partial charge >= 0.3 is 0 Å². The van der Waals surface area contributed by atoms with Crippen molar-refractivity contribution in [1.29, 1.82) is 0 Å². The summed E-state index contributed by atoms with van der Waals surface area (Å²) in [5, 5.41) is 0.569. The highest BCUT2D eigenvalue weighted by Crippen LogP contribution is 2.21. The molecule has 15 heavy (non-hydrogen) atoms. The smallest absolute Gasteiger partial charge is 0.225 e. The molecule has 0 amide bonds. The summed E-state index contributed by atoms with van der Waals surface area (Å²) in [7, 11) is 0. The molecule has 2 rings (SSSR count). The molecule has 0 radical (unpaired) electrons. The van der Waals surface area contributed by atoms with Gasteiger partial charge in [-0.1, -0.05) is 11.6 Å². The third kappa shape index (κ3) is 2.38. The van der Waals surface area contributed by atoms with Crippen molar-refractivity contribution in [3.63, 3.8) is 0 Å². The highest BCUT2D eigenvalue weighted by Gasteiger charge is 2.22. The summed E-state index contributed by atoms with van der Waals surface area (Å²) < 4.78 is 0. The van der Waals surface area contributed by atoms with Crippen molar-refractivity contribution < 1.29 is 0 Å². The van der Waals surface area contributed by atoms with Gasteiger partial charge in [-0.15, -0.1) is 0 Å². The van der Waals surface area contributed by atoms with Crippen LogP contribution in [0.15, 0.2) is 12.4 Å². The maximum atomic E-state index is 5.75. The van der Waals surface area contributed by atoms with Gasteiger partial charge in [0.05, 0.1) is 17.4 Å². The van der Waals surface area contributed by atoms with Gasteiger partial charge in [-0.3, -0.25) is 0 Å². The van der Waals surface area contributed by atoms with Crippen LogP contribution in [0.5, 0.6) is 0 Å². The lowest BCUT2D eigenvalue weighted by molar-refractivity contribution is 0.458. The Balaban J connectivity index is 2.16. The summed E-state index contributed by atoms with van der Waals surface area (Å²) in [6.45, 7) is 1.65. The van der Waals surface area contributed by atoms with Crippen LogP contribution in [-0.2, 0) is 0 Å². The molecule has 5 heteroatoms. The number of hydrogen-bond donors (Lipinski definition) is 1. The monoisotopic (exact) mass is 226 g/mol. The molecule has 0 spiro atoms. The predicted molar refractivity (Wildman–Crippen MR) is 61.1 cm³/mol. The van der Waals surface area contributed by atoms with E-state index in [1.54, 1.807) is 12.4 Å². The number of nitrogens with zero attached hydrogens (tertiary/aromatic N) is 3. The molecule has 0 bridgehead atoms. The average molecular weight is 227 g/mol. The number of piperidine rings is 1. The maximum absolute atomic E-state index is 5.75. The minimum Gasteiger partial charge on any atom is -0.337 e. The van der Waals surface area contributed by atoms with Crippen molar-refractivity contribution in [3.8, 4) is 0 Å². The summed E-state index contributed by atoms with van der Waals surface area (Å²) in [6, 6.07) is 0.375. The number of aromatic nitrogens is 2. The highest BCUT2D eigenvalue weighted by atomic mass is 35.5. The summed E-state index contributed by atoms with van der Waals surface area (Å²) in [5.74, 6) is 0.745. The van der Waals surface area contributed by atoms with Gasteiger partial charge in [0.25, 0.3) is 0 Å². The third-order valence-electron chi connectivity index (χ3n) is 2.76. The first-order chi connectivity index (χ1) is 7.31. The van der Waals surface area contributed by atoms with Crippen molar-refractivity contribution in [2.24, 2.45) is 5.73 Å². The standard InChI is InChI=1S/C10H15ClN4/c11-8-6-13-10(14-7-8)15-4-2-1-3-9(15)5-12/h6-7,9H,1-5,12H2/t9-/m0/s1. The van der Waals surface area contributed by atoms with E-state index in [1.807, 2.05) is 0 Å². The van der Waals surface area contributed by atoms with Gasteiger partial charge in [0.15, 0.2) is 0 Å². The quantitative estimate of drug-likeness (QED) is 0.830. The molecule has 1 aromatic rings. The van der Waals surface area contributed by atoms with E-state index < -0.39 is 0 Å². The van der Waals surface area contributed by atoms with Crippen molar-refractivity contribution >= 4 is 17.5 Å². The van der Waals surface area contributed by atoms with Crippen LogP contribution in [0.25, 0.3) is 0 Å². The second kappa shape index (κ2) is 4.77. The Morgan fingerprint density at radius 1 is 1.40 bits per heavy atom. The van der Waals surface area contributed by atoms with Crippen molar-refractivity contribution in [2.75, 3.05) is 18.0 Å². The van der Waals surface area contributed by atoms with Crippen LogP contribution in [0.4, 0.5) is 5.95 Å². The molecule has 1 atom stereocenters. The van der Waals surface area contributed by atoms with Gasteiger partial charge in [0, 0.05) is 19.1 Å². The van der Waals surface area contributed by atoms with E-state index >= 15 is 0 Å². The van der Waals surface area contributed by atoms with Gasteiger partial charge in [0.1, 0.15) is 0 Å². The average Bonchev–Trinajstić information content (AvgIpc) is 2.30. The van der Waals surface area contributed by atoms with E-state index in [1.165, 1.54) is 12.8 Å². The fourth-order valence-electron chi connectivity index (χ4n) is 1.96. The first kappa shape index (κ1) is 10.6. The molecular weight excluding hydrogens is 212 g/mol. The largest absolute Gasteiger partial charge is 0.337 e. The SMILES string of the molecule is NC[C@@H]1CCCCN1c1ncc(Cl)cn1. The van der Waals surface area contributed by atoms with Crippen LogP contribution in [0.3, 0.4) is 0 Å². The van der Waals surface area contributed by atoms with Gasteiger partial charge < -0.3 is 10.6 Å². The molecule has 1 aliphatic heterocycles. The molecule has 0 unspecified atom stereocenters. The van der Waals surface area contributed by atoms with Crippen LogP contribution < -0.4 is 10.6 Å². The van der Waals surface area contributed by atoms with Crippen LogP contribution >= 0.6 is 11.6 Å². The minimum absolute atomic E-state index is 0.375. The molecule has 0 aromatic carbocycles. The van der Waals surface area contributed by atoms with Crippen molar-refractivity contribution in [3.05, 3.63) is 17.4 Å². The van der Waals surface area contributed by atoms with E-state index in [-0.39, 0.29) is 0 Å². The van der Waals surface area contributed by atoms with E-state index in [2.05, 4.69) is 14.9 Å². The van der Waals surface area contributed by atoms with E-state index in [9.17, 15) is 0 Å². The fraction of sp³-hybridized carbons (Fsp3) is 0.600. The molecular formula is C10H15ClN4. The van der Waals surface area contributed by atoms with Gasteiger partial charge in [0.2, 0.25) is 5.95 Å². The Kier molecular flexibility index (Phi) is 3.38. The first-order valence-corrected chi connectivity index (χ1v) is 5.63. The summed E-state index contributed by atoms with van der Waals surface area (Å²) in [6.07, 6.45) is 6.81.